The van der Waals surface area contributed by atoms with E-state index in [2.05, 4.69) is 12.2 Å². The van der Waals surface area contributed by atoms with E-state index in [1.165, 1.54) is 57.9 Å². The smallest absolute Gasteiger partial charge is 0.0732 e. The number of hydrogen-bond acceptors (Lipinski definition) is 2. The summed E-state index contributed by atoms with van der Waals surface area (Å²) in [6.45, 7) is 3.43. The highest BCUT2D eigenvalue weighted by molar-refractivity contribution is 4.84. The minimum atomic E-state index is 0.507. The molecule has 0 aromatic carbocycles. The number of nitrogens with one attached hydrogen (secondary N) is 1. The van der Waals surface area contributed by atoms with Gasteiger partial charge in [-0.3, -0.25) is 0 Å². The largest absolute Gasteiger partial charge is 0.373 e. The molecule has 2 fully saturated rings. The van der Waals surface area contributed by atoms with Crippen molar-refractivity contribution in [3.8, 4) is 0 Å². The summed E-state index contributed by atoms with van der Waals surface area (Å²) >= 11 is 0. The van der Waals surface area contributed by atoms with Crippen molar-refractivity contribution in [2.45, 2.75) is 76.5 Å². The van der Waals surface area contributed by atoms with Crippen molar-refractivity contribution in [3.63, 3.8) is 0 Å². The third kappa shape index (κ3) is 3.18. The molecular formula is C13H25NO. The standard InChI is InChI=1S/C13H25NO/c1-2-11-8-9-13(15-11)12-7-5-3-4-6-10-14-12/h11-14H,2-10H2,1H3. The molecule has 0 spiro atoms. The normalized spacial score (nSPS) is 38.6. The van der Waals surface area contributed by atoms with Crippen molar-refractivity contribution in [2.24, 2.45) is 0 Å². The molecule has 2 saturated heterocycles. The van der Waals surface area contributed by atoms with E-state index in [9.17, 15) is 0 Å². The zero-order valence-corrected chi connectivity index (χ0v) is 10.0. The molecule has 3 unspecified atom stereocenters. The third-order valence-electron chi connectivity index (χ3n) is 3.89. The summed E-state index contributed by atoms with van der Waals surface area (Å²) in [4.78, 5) is 0. The van der Waals surface area contributed by atoms with Gasteiger partial charge in [0, 0.05) is 6.04 Å². The van der Waals surface area contributed by atoms with Crippen LogP contribution in [0.2, 0.25) is 0 Å². The minimum absolute atomic E-state index is 0.507. The Hall–Kier alpha value is -0.0800. The Balaban J connectivity index is 1.80. The van der Waals surface area contributed by atoms with Crippen LogP contribution >= 0.6 is 0 Å². The molecule has 1 N–H and O–H groups in total. The van der Waals surface area contributed by atoms with Crippen molar-refractivity contribution >= 4 is 0 Å². The average molecular weight is 211 g/mol. The van der Waals surface area contributed by atoms with E-state index >= 15 is 0 Å². The van der Waals surface area contributed by atoms with E-state index in [0.717, 1.165) is 0 Å². The van der Waals surface area contributed by atoms with Gasteiger partial charge in [-0.25, -0.2) is 0 Å². The van der Waals surface area contributed by atoms with Crippen LogP contribution in [0.4, 0.5) is 0 Å². The summed E-state index contributed by atoms with van der Waals surface area (Å²) < 4.78 is 6.08. The predicted octanol–water partition coefficient (Wildman–Crippen LogP) is 2.87. The van der Waals surface area contributed by atoms with Gasteiger partial charge >= 0.3 is 0 Å². The quantitative estimate of drug-likeness (QED) is 0.758. The molecule has 2 nitrogen and oxygen atoms in total. The second kappa shape index (κ2) is 5.86. The van der Waals surface area contributed by atoms with Crippen molar-refractivity contribution in [3.05, 3.63) is 0 Å². The number of ether oxygens (including phenoxy) is 1. The Labute approximate surface area is 93.8 Å². The van der Waals surface area contributed by atoms with Gasteiger partial charge in [0.2, 0.25) is 0 Å². The van der Waals surface area contributed by atoms with Gasteiger partial charge in [0.05, 0.1) is 12.2 Å². The summed E-state index contributed by atoms with van der Waals surface area (Å²) in [5, 5.41) is 3.68. The van der Waals surface area contributed by atoms with Gasteiger partial charge in [0.15, 0.2) is 0 Å². The Bertz CT molecular complexity index is 175. The second-order valence-corrected chi connectivity index (χ2v) is 5.05. The van der Waals surface area contributed by atoms with E-state index in [4.69, 9.17) is 4.74 Å². The fraction of sp³-hybridized carbons (Fsp3) is 1.00. The molecule has 0 saturated carbocycles. The molecule has 0 bridgehead atoms. The van der Waals surface area contributed by atoms with Gasteiger partial charge in [-0.1, -0.05) is 26.2 Å². The second-order valence-electron chi connectivity index (χ2n) is 5.05. The van der Waals surface area contributed by atoms with Crippen LogP contribution in [0, 0.1) is 0 Å². The van der Waals surface area contributed by atoms with Gasteiger partial charge in [-0.05, 0) is 38.6 Å². The molecule has 0 aliphatic carbocycles. The topological polar surface area (TPSA) is 21.3 Å². The first kappa shape index (κ1) is 11.4. The van der Waals surface area contributed by atoms with Gasteiger partial charge in [0.1, 0.15) is 0 Å². The molecule has 15 heavy (non-hydrogen) atoms. The van der Waals surface area contributed by atoms with Gasteiger partial charge in [-0.15, -0.1) is 0 Å². The zero-order valence-electron chi connectivity index (χ0n) is 10.0. The van der Waals surface area contributed by atoms with E-state index in [0.29, 0.717) is 18.2 Å². The van der Waals surface area contributed by atoms with Crippen molar-refractivity contribution in [2.75, 3.05) is 6.54 Å². The fourth-order valence-corrected chi connectivity index (χ4v) is 2.88. The Morgan fingerprint density at radius 1 is 1.07 bits per heavy atom. The van der Waals surface area contributed by atoms with Crippen molar-refractivity contribution in [1.82, 2.24) is 5.32 Å². The Morgan fingerprint density at radius 2 is 1.93 bits per heavy atom. The summed E-state index contributed by atoms with van der Waals surface area (Å²) in [6, 6.07) is 0.641. The van der Waals surface area contributed by atoms with Crippen LogP contribution in [0.5, 0.6) is 0 Å². The highest BCUT2D eigenvalue weighted by Gasteiger charge is 2.30. The maximum Gasteiger partial charge on any atom is 0.0732 e. The monoisotopic (exact) mass is 211 g/mol. The number of hydrogen-bond donors (Lipinski definition) is 1. The maximum absolute atomic E-state index is 6.08. The third-order valence-corrected chi connectivity index (χ3v) is 3.89. The van der Waals surface area contributed by atoms with Crippen molar-refractivity contribution < 1.29 is 4.74 Å². The molecule has 88 valence electrons. The van der Waals surface area contributed by atoms with Crippen LogP contribution in [0.1, 0.15) is 58.3 Å². The summed E-state index contributed by atoms with van der Waals surface area (Å²) in [6.07, 6.45) is 11.7. The van der Waals surface area contributed by atoms with Gasteiger partial charge in [0.25, 0.3) is 0 Å². The van der Waals surface area contributed by atoms with Crippen LogP contribution in [-0.2, 0) is 4.74 Å². The summed E-state index contributed by atoms with van der Waals surface area (Å²) in [5.74, 6) is 0. The molecule has 0 aromatic rings. The van der Waals surface area contributed by atoms with E-state index in [-0.39, 0.29) is 0 Å². The highest BCUT2D eigenvalue weighted by Crippen LogP contribution is 2.26. The van der Waals surface area contributed by atoms with E-state index in [1.54, 1.807) is 0 Å². The molecule has 0 aromatic heterocycles. The molecule has 2 heterocycles. The Kier molecular flexibility index (Phi) is 4.45. The lowest BCUT2D eigenvalue weighted by atomic mass is 9.98. The molecule has 2 rings (SSSR count). The molecule has 3 atom stereocenters. The molecule has 2 heteroatoms. The SMILES string of the molecule is CCC1CCC(C2CCCCCCN2)O1. The van der Waals surface area contributed by atoms with Gasteiger partial charge in [-0.2, -0.15) is 0 Å². The summed E-state index contributed by atoms with van der Waals surface area (Å²) in [5.41, 5.74) is 0. The minimum Gasteiger partial charge on any atom is -0.373 e. The first-order valence-corrected chi connectivity index (χ1v) is 6.79. The predicted molar refractivity (Wildman–Crippen MR) is 63.1 cm³/mol. The van der Waals surface area contributed by atoms with Crippen LogP contribution in [0.25, 0.3) is 0 Å². The van der Waals surface area contributed by atoms with Gasteiger partial charge < -0.3 is 10.1 Å². The molecule has 2 aliphatic heterocycles. The molecule has 0 radical (unpaired) electrons. The molecule has 0 amide bonds. The van der Waals surface area contributed by atoms with Crippen LogP contribution in [0.3, 0.4) is 0 Å². The zero-order chi connectivity index (χ0) is 10.5. The van der Waals surface area contributed by atoms with Crippen molar-refractivity contribution in [1.29, 1.82) is 0 Å². The van der Waals surface area contributed by atoms with E-state index in [1.807, 2.05) is 0 Å². The Morgan fingerprint density at radius 3 is 2.73 bits per heavy atom. The van der Waals surface area contributed by atoms with E-state index < -0.39 is 0 Å². The first-order valence-electron chi connectivity index (χ1n) is 6.79. The summed E-state index contributed by atoms with van der Waals surface area (Å²) in [7, 11) is 0. The molecular weight excluding hydrogens is 186 g/mol. The maximum atomic E-state index is 6.08. The van der Waals surface area contributed by atoms with Crippen LogP contribution < -0.4 is 5.32 Å². The lowest BCUT2D eigenvalue weighted by Gasteiger charge is -2.27. The lowest BCUT2D eigenvalue weighted by Crippen LogP contribution is -2.41. The number of rotatable bonds is 2. The fourth-order valence-electron chi connectivity index (χ4n) is 2.88. The highest BCUT2D eigenvalue weighted by atomic mass is 16.5. The van der Waals surface area contributed by atoms with Crippen LogP contribution in [0.15, 0.2) is 0 Å². The van der Waals surface area contributed by atoms with Crippen LogP contribution in [-0.4, -0.2) is 24.8 Å². The first-order chi connectivity index (χ1) is 7.40. The average Bonchev–Trinajstić information content (AvgIpc) is 2.65. The lowest BCUT2D eigenvalue weighted by molar-refractivity contribution is 0.0182. The molecule has 2 aliphatic rings.